The summed E-state index contributed by atoms with van der Waals surface area (Å²) in [5.41, 5.74) is 0.562. The molecule has 2 fully saturated rings. The van der Waals surface area contributed by atoms with E-state index in [1.807, 2.05) is 110 Å². The van der Waals surface area contributed by atoms with Crippen LogP contribution in [0, 0.1) is 10.8 Å². The standard InChI is InChI=1S/C60H86N8O6/c1-41(61-9)55(71)63-53(59(3,4)5)57(73)65-35-21-27-49(65)39-67(47-33-31-43-23-17-19-25-45(43)37-47)51(69)29-15-13-11-12-14-16-30-52(70)68(48-34-32-44-24-18-20-26-46(44)38-48)40-50-28-22-36-66(50)58(74)54(60(6,7)8)64-56(72)42(2)62-10/h17-20,23-26,31-34,37-38,41-42,49-50,53-54,61-62H,11-16,21-22,27-30,35-36,39-40H2,1-10H3,(H,63,71)(H,64,72)/t41-,42-,49-,50+,53+,54+/m0/s1. The van der Waals surface area contributed by atoms with Crippen LogP contribution in [0.15, 0.2) is 84.9 Å². The Morgan fingerprint density at radius 1 is 0.527 bits per heavy atom. The molecule has 14 nitrogen and oxygen atoms in total. The topological polar surface area (TPSA) is 163 Å². The summed E-state index contributed by atoms with van der Waals surface area (Å²) in [7, 11) is 3.44. The van der Waals surface area contributed by atoms with E-state index in [1.165, 1.54) is 0 Å². The molecule has 4 aromatic rings. The summed E-state index contributed by atoms with van der Waals surface area (Å²) in [5.74, 6) is -0.654. The van der Waals surface area contributed by atoms with Gasteiger partial charge in [-0.25, -0.2) is 0 Å². The van der Waals surface area contributed by atoms with Crippen molar-refractivity contribution in [2.75, 3.05) is 50.1 Å². The van der Waals surface area contributed by atoms with Gasteiger partial charge < -0.3 is 40.9 Å². The second-order valence-electron chi connectivity index (χ2n) is 23.0. The summed E-state index contributed by atoms with van der Waals surface area (Å²) in [6.45, 7) is 17.2. The zero-order chi connectivity index (χ0) is 53.7. The maximum atomic E-state index is 14.4. The molecule has 0 radical (unpaired) electrons. The van der Waals surface area contributed by atoms with Gasteiger partial charge in [-0.15, -0.1) is 0 Å². The third-order valence-corrected chi connectivity index (χ3v) is 15.3. The van der Waals surface area contributed by atoms with Crippen molar-refractivity contribution in [1.29, 1.82) is 0 Å². The Balaban J connectivity index is 1.06. The van der Waals surface area contributed by atoms with Crippen molar-refractivity contribution in [2.24, 2.45) is 10.8 Å². The lowest BCUT2D eigenvalue weighted by atomic mass is 9.85. The quantitative estimate of drug-likeness (QED) is 0.0537. The first kappa shape index (κ1) is 57.4. The van der Waals surface area contributed by atoms with Gasteiger partial charge in [0.1, 0.15) is 12.1 Å². The van der Waals surface area contributed by atoms with E-state index in [9.17, 15) is 28.8 Å². The third kappa shape index (κ3) is 14.9. The molecule has 0 unspecified atom stereocenters. The average molecular weight is 1020 g/mol. The molecule has 4 N–H and O–H groups in total. The number of fused-ring (bicyclic) bond motifs is 2. The smallest absolute Gasteiger partial charge is 0.246 e. The van der Waals surface area contributed by atoms with Crippen LogP contribution in [0.1, 0.15) is 132 Å². The van der Waals surface area contributed by atoms with Crippen molar-refractivity contribution in [3.05, 3.63) is 84.9 Å². The summed E-state index contributed by atoms with van der Waals surface area (Å²) < 4.78 is 0. The molecule has 0 aromatic heterocycles. The minimum atomic E-state index is -0.722. The first-order chi connectivity index (χ1) is 35.2. The van der Waals surface area contributed by atoms with Gasteiger partial charge in [-0.05, 0) is 123 Å². The van der Waals surface area contributed by atoms with Crippen molar-refractivity contribution < 1.29 is 28.8 Å². The molecule has 0 aliphatic carbocycles. The van der Waals surface area contributed by atoms with Crippen LogP contribution < -0.4 is 31.1 Å². The molecule has 14 heteroatoms. The first-order valence-corrected chi connectivity index (χ1v) is 27.4. The van der Waals surface area contributed by atoms with Gasteiger partial charge in [-0.1, -0.05) is 128 Å². The van der Waals surface area contributed by atoms with E-state index >= 15 is 0 Å². The summed E-state index contributed by atoms with van der Waals surface area (Å²) in [6.07, 6.45) is 8.94. The lowest BCUT2D eigenvalue weighted by Crippen LogP contribution is -2.59. The van der Waals surface area contributed by atoms with Gasteiger partial charge in [-0.3, -0.25) is 28.8 Å². The van der Waals surface area contributed by atoms with Crippen LogP contribution in [0.25, 0.3) is 21.5 Å². The Kier molecular flexibility index (Phi) is 20.2. The summed E-state index contributed by atoms with van der Waals surface area (Å²) in [5, 5.41) is 16.2. The van der Waals surface area contributed by atoms with Gasteiger partial charge in [0.05, 0.1) is 12.1 Å². The SMILES string of the molecule is CN[C@@H](C)C(=O)N[C@H](C(=O)N1CCC[C@@H]1CN(C(=O)CCCCCCCCC(=O)N(C[C@@H]1CCCN1C(=O)[C@@H](NC(=O)[C@H](C)NC)C(C)(C)C)c1ccc2ccccc2c1)c1ccc2ccccc2c1)C(C)(C)C. The number of nitrogens with zero attached hydrogens (tertiary/aromatic N) is 4. The molecule has 6 rings (SSSR count). The molecule has 2 aliphatic rings. The first-order valence-electron chi connectivity index (χ1n) is 27.4. The Labute approximate surface area is 441 Å². The van der Waals surface area contributed by atoms with Crippen LogP contribution in [0.3, 0.4) is 0 Å². The van der Waals surface area contributed by atoms with E-state index in [0.29, 0.717) is 39.0 Å². The van der Waals surface area contributed by atoms with Crippen molar-refractivity contribution in [1.82, 2.24) is 31.1 Å². The van der Waals surface area contributed by atoms with Crippen LogP contribution in [-0.4, -0.2) is 122 Å². The largest absolute Gasteiger partial charge is 0.342 e. The molecule has 2 saturated heterocycles. The number of amides is 6. The van der Waals surface area contributed by atoms with E-state index in [2.05, 4.69) is 57.7 Å². The Morgan fingerprint density at radius 2 is 0.878 bits per heavy atom. The van der Waals surface area contributed by atoms with E-state index in [4.69, 9.17) is 0 Å². The molecule has 402 valence electrons. The summed E-state index contributed by atoms with van der Waals surface area (Å²) in [4.78, 5) is 91.0. The number of hydrogen-bond acceptors (Lipinski definition) is 8. The molecule has 6 atom stereocenters. The maximum absolute atomic E-state index is 14.4. The number of anilines is 2. The number of hydrogen-bond donors (Lipinski definition) is 4. The fourth-order valence-corrected chi connectivity index (χ4v) is 10.4. The van der Waals surface area contributed by atoms with Gasteiger partial charge in [0.25, 0.3) is 0 Å². The predicted molar refractivity (Wildman–Crippen MR) is 299 cm³/mol. The lowest BCUT2D eigenvalue weighted by molar-refractivity contribution is -0.140. The highest BCUT2D eigenvalue weighted by Gasteiger charge is 2.43. The monoisotopic (exact) mass is 1010 g/mol. The number of benzene rings is 4. The second-order valence-corrected chi connectivity index (χ2v) is 23.0. The summed E-state index contributed by atoms with van der Waals surface area (Å²) >= 11 is 0. The second kappa shape index (κ2) is 26.1. The van der Waals surface area contributed by atoms with Gasteiger partial charge in [-0.2, -0.15) is 0 Å². The fourth-order valence-electron chi connectivity index (χ4n) is 10.4. The normalized spacial score (nSPS) is 17.7. The number of unbranched alkanes of at least 4 members (excludes halogenated alkanes) is 5. The van der Waals surface area contributed by atoms with E-state index in [1.54, 1.807) is 27.9 Å². The number of nitrogens with one attached hydrogen (secondary N) is 4. The maximum Gasteiger partial charge on any atom is 0.246 e. The number of rotatable bonds is 23. The number of carbonyl (C=O) groups is 6. The molecule has 2 heterocycles. The highest BCUT2D eigenvalue weighted by Crippen LogP contribution is 2.32. The molecule has 0 bridgehead atoms. The zero-order valence-electron chi connectivity index (χ0n) is 46.1. The number of carbonyl (C=O) groups excluding carboxylic acids is 6. The predicted octanol–water partition coefficient (Wildman–Crippen LogP) is 8.74. The van der Waals surface area contributed by atoms with E-state index < -0.39 is 35.0 Å². The number of likely N-dealkylation sites (N-methyl/N-ethyl adjacent to an activating group) is 2. The average Bonchev–Trinajstić information content (AvgIpc) is 4.06. The minimum absolute atomic E-state index is 0.0204. The van der Waals surface area contributed by atoms with Crippen LogP contribution in [0.2, 0.25) is 0 Å². The fraction of sp³-hybridized carbons (Fsp3) is 0.567. The Bertz CT molecular complexity index is 2390. The van der Waals surface area contributed by atoms with Gasteiger partial charge in [0, 0.05) is 62.5 Å². The zero-order valence-corrected chi connectivity index (χ0v) is 46.1. The van der Waals surface area contributed by atoms with Crippen LogP contribution >= 0.6 is 0 Å². The van der Waals surface area contributed by atoms with Crippen molar-refractivity contribution in [3.8, 4) is 0 Å². The lowest BCUT2D eigenvalue weighted by Gasteiger charge is -2.37. The highest BCUT2D eigenvalue weighted by atomic mass is 16.2. The summed E-state index contributed by atoms with van der Waals surface area (Å²) in [6, 6.07) is 25.7. The van der Waals surface area contributed by atoms with Crippen LogP contribution in [-0.2, 0) is 28.8 Å². The molecule has 2 aliphatic heterocycles. The van der Waals surface area contributed by atoms with Crippen LogP contribution in [0.4, 0.5) is 11.4 Å². The molecule has 74 heavy (non-hydrogen) atoms. The molecule has 0 saturated carbocycles. The van der Waals surface area contributed by atoms with Gasteiger partial charge >= 0.3 is 0 Å². The minimum Gasteiger partial charge on any atom is -0.342 e. The number of likely N-dealkylation sites (tertiary alicyclic amines) is 2. The van der Waals surface area contributed by atoms with Gasteiger partial charge in [0.15, 0.2) is 0 Å². The highest BCUT2D eigenvalue weighted by molar-refractivity contribution is 5.98. The van der Waals surface area contributed by atoms with Crippen molar-refractivity contribution in [3.63, 3.8) is 0 Å². The van der Waals surface area contributed by atoms with E-state index in [0.717, 1.165) is 97.1 Å². The molecular weight excluding hydrogens is 929 g/mol. The molecule has 6 amide bonds. The molecule has 4 aromatic carbocycles. The van der Waals surface area contributed by atoms with Crippen LogP contribution in [0.5, 0.6) is 0 Å². The van der Waals surface area contributed by atoms with E-state index in [-0.39, 0.29) is 47.5 Å². The Morgan fingerprint density at radius 3 is 1.23 bits per heavy atom. The Hall–Kier alpha value is -5.86. The molecular formula is C60H86N8O6. The van der Waals surface area contributed by atoms with Crippen molar-refractivity contribution >= 4 is 68.4 Å². The van der Waals surface area contributed by atoms with Crippen molar-refractivity contribution in [2.45, 2.75) is 169 Å². The molecule has 0 spiro atoms. The van der Waals surface area contributed by atoms with Gasteiger partial charge in [0.2, 0.25) is 35.4 Å². The third-order valence-electron chi connectivity index (χ3n) is 15.3.